The highest BCUT2D eigenvalue weighted by atomic mass is 19.3. The molecular formula is C12H17F2NO2. The summed E-state index contributed by atoms with van der Waals surface area (Å²) in [4.78, 5) is 4.80. The second-order valence-corrected chi connectivity index (χ2v) is 3.78. The van der Waals surface area contributed by atoms with Crippen LogP contribution in [0.25, 0.3) is 0 Å². The van der Waals surface area contributed by atoms with E-state index >= 15 is 0 Å². The smallest absolute Gasteiger partial charge is 0.387 e. The van der Waals surface area contributed by atoms with E-state index in [4.69, 9.17) is 4.84 Å². The van der Waals surface area contributed by atoms with E-state index in [1.165, 1.54) is 0 Å². The summed E-state index contributed by atoms with van der Waals surface area (Å²) in [6, 6.07) is 6.93. The van der Waals surface area contributed by atoms with Gasteiger partial charge in [0.25, 0.3) is 0 Å². The molecule has 0 saturated heterocycles. The SMILES string of the molecule is CONC(C)CCc1ccc(OC(F)F)cc1. The lowest BCUT2D eigenvalue weighted by Crippen LogP contribution is -2.25. The van der Waals surface area contributed by atoms with Crippen molar-refractivity contribution in [3.05, 3.63) is 29.8 Å². The molecule has 0 fully saturated rings. The van der Waals surface area contributed by atoms with Gasteiger partial charge in [0.15, 0.2) is 0 Å². The number of alkyl halides is 2. The van der Waals surface area contributed by atoms with E-state index in [-0.39, 0.29) is 11.8 Å². The zero-order valence-corrected chi connectivity index (χ0v) is 9.95. The van der Waals surface area contributed by atoms with E-state index in [9.17, 15) is 8.78 Å². The zero-order valence-electron chi connectivity index (χ0n) is 9.95. The molecule has 1 atom stereocenters. The molecule has 1 rings (SSSR count). The number of rotatable bonds is 7. The molecule has 17 heavy (non-hydrogen) atoms. The van der Waals surface area contributed by atoms with Gasteiger partial charge in [-0.25, -0.2) is 5.48 Å². The fourth-order valence-electron chi connectivity index (χ4n) is 1.48. The maximum absolute atomic E-state index is 11.9. The summed E-state index contributed by atoms with van der Waals surface area (Å²) in [5, 5.41) is 0. The maximum Gasteiger partial charge on any atom is 0.387 e. The van der Waals surface area contributed by atoms with Crippen molar-refractivity contribution in [3.63, 3.8) is 0 Å². The van der Waals surface area contributed by atoms with E-state index in [0.29, 0.717) is 0 Å². The summed E-state index contributed by atoms with van der Waals surface area (Å²) in [7, 11) is 1.58. The number of hydrogen-bond donors (Lipinski definition) is 1. The minimum absolute atomic E-state index is 0.187. The Bertz CT molecular complexity index is 317. The van der Waals surface area contributed by atoms with Crippen LogP contribution in [-0.4, -0.2) is 19.8 Å². The van der Waals surface area contributed by atoms with Crippen molar-refractivity contribution in [3.8, 4) is 5.75 Å². The van der Waals surface area contributed by atoms with Crippen molar-refractivity contribution in [2.45, 2.75) is 32.4 Å². The Kier molecular flexibility index (Phi) is 5.86. The summed E-state index contributed by atoms with van der Waals surface area (Å²) in [5.74, 6) is 0.187. The van der Waals surface area contributed by atoms with Crippen molar-refractivity contribution in [1.82, 2.24) is 5.48 Å². The standard InChI is InChI=1S/C12H17F2NO2/c1-9(15-16-2)3-4-10-5-7-11(8-6-10)17-12(13)14/h5-9,12,15H,3-4H2,1-2H3. The van der Waals surface area contributed by atoms with Gasteiger partial charge in [-0.2, -0.15) is 8.78 Å². The summed E-state index contributed by atoms with van der Waals surface area (Å²) in [6.07, 6.45) is 1.76. The average molecular weight is 245 g/mol. The Morgan fingerprint density at radius 2 is 1.88 bits per heavy atom. The van der Waals surface area contributed by atoms with Crippen molar-refractivity contribution in [1.29, 1.82) is 0 Å². The molecule has 5 heteroatoms. The molecule has 0 aliphatic rings. The zero-order chi connectivity index (χ0) is 12.7. The Hall–Kier alpha value is -1.20. The van der Waals surface area contributed by atoms with Gasteiger partial charge < -0.3 is 9.57 Å². The topological polar surface area (TPSA) is 30.5 Å². The summed E-state index contributed by atoms with van der Waals surface area (Å²) in [6.45, 7) is -0.760. The second-order valence-electron chi connectivity index (χ2n) is 3.78. The molecule has 0 aliphatic heterocycles. The monoisotopic (exact) mass is 245 g/mol. The van der Waals surface area contributed by atoms with Crippen LogP contribution in [-0.2, 0) is 11.3 Å². The number of halogens is 2. The number of ether oxygens (including phenoxy) is 1. The minimum atomic E-state index is -2.77. The van der Waals surface area contributed by atoms with E-state index < -0.39 is 6.61 Å². The first-order valence-electron chi connectivity index (χ1n) is 5.44. The molecule has 0 saturated carbocycles. The molecule has 1 aromatic rings. The van der Waals surface area contributed by atoms with Crippen LogP contribution < -0.4 is 10.2 Å². The van der Waals surface area contributed by atoms with Gasteiger partial charge in [0.2, 0.25) is 0 Å². The van der Waals surface area contributed by atoms with Gasteiger partial charge in [0, 0.05) is 6.04 Å². The molecule has 0 radical (unpaired) electrons. The van der Waals surface area contributed by atoms with Gasteiger partial charge in [0.05, 0.1) is 7.11 Å². The molecular weight excluding hydrogens is 228 g/mol. The number of aryl methyl sites for hydroxylation is 1. The van der Waals surface area contributed by atoms with Crippen LogP contribution >= 0.6 is 0 Å². The van der Waals surface area contributed by atoms with Gasteiger partial charge >= 0.3 is 6.61 Å². The van der Waals surface area contributed by atoms with Crippen molar-refractivity contribution in [2.24, 2.45) is 0 Å². The molecule has 0 bridgehead atoms. The quantitative estimate of drug-likeness (QED) is 0.749. The van der Waals surface area contributed by atoms with E-state index in [1.807, 2.05) is 6.92 Å². The Balaban J connectivity index is 2.40. The molecule has 1 aromatic carbocycles. The molecule has 3 nitrogen and oxygen atoms in total. The lowest BCUT2D eigenvalue weighted by molar-refractivity contribution is -0.0498. The predicted octanol–water partition coefficient (Wildman–Crippen LogP) is 2.76. The fourth-order valence-corrected chi connectivity index (χ4v) is 1.48. The van der Waals surface area contributed by atoms with Gasteiger partial charge in [0.1, 0.15) is 5.75 Å². The Morgan fingerprint density at radius 1 is 1.24 bits per heavy atom. The summed E-state index contributed by atoms with van der Waals surface area (Å²) >= 11 is 0. The van der Waals surface area contributed by atoms with Crippen molar-refractivity contribution >= 4 is 0 Å². The molecule has 0 amide bonds. The van der Waals surface area contributed by atoms with Gasteiger partial charge in [-0.1, -0.05) is 12.1 Å². The lowest BCUT2D eigenvalue weighted by Gasteiger charge is -2.11. The Labute approximate surface area is 99.7 Å². The molecule has 0 spiro atoms. The number of hydroxylamine groups is 1. The van der Waals surface area contributed by atoms with Crippen LogP contribution in [0.3, 0.4) is 0 Å². The third-order valence-electron chi connectivity index (χ3n) is 2.33. The highest BCUT2D eigenvalue weighted by molar-refractivity contribution is 5.27. The van der Waals surface area contributed by atoms with Gasteiger partial charge in [-0.3, -0.25) is 0 Å². The summed E-state index contributed by atoms with van der Waals surface area (Å²) in [5.41, 5.74) is 3.91. The molecule has 0 aliphatic carbocycles. The van der Waals surface area contributed by atoms with Crippen molar-refractivity contribution < 1.29 is 18.4 Å². The van der Waals surface area contributed by atoms with Crippen LogP contribution in [0.4, 0.5) is 8.78 Å². The average Bonchev–Trinajstić information content (AvgIpc) is 2.28. The first kappa shape index (κ1) is 13.9. The number of hydrogen-bond acceptors (Lipinski definition) is 3. The molecule has 1 N–H and O–H groups in total. The number of benzene rings is 1. The van der Waals surface area contributed by atoms with E-state index in [2.05, 4.69) is 10.2 Å². The highest BCUT2D eigenvalue weighted by Crippen LogP contribution is 2.16. The van der Waals surface area contributed by atoms with E-state index in [1.54, 1.807) is 31.4 Å². The van der Waals surface area contributed by atoms with Gasteiger partial charge in [-0.05, 0) is 37.5 Å². The third-order valence-corrected chi connectivity index (χ3v) is 2.33. The molecule has 96 valence electrons. The normalized spacial score (nSPS) is 12.8. The largest absolute Gasteiger partial charge is 0.435 e. The molecule has 1 unspecified atom stereocenters. The first-order chi connectivity index (χ1) is 8.11. The van der Waals surface area contributed by atoms with Crippen LogP contribution in [0, 0.1) is 0 Å². The van der Waals surface area contributed by atoms with Crippen LogP contribution in [0.1, 0.15) is 18.9 Å². The van der Waals surface area contributed by atoms with Crippen LogP contribution in [0.5, 0.6) is 5.75 Å². The molecule has 0 heterocycles. The lowest BCUT2D eigenvalue weighted by atomic mass is 10.1. The Morgan fingerprint density at radius 3 is 2.41 bits per heavy atom. The number of nitrogens with one attached hydrogen (secondary N) is 1. The first-order valence-corrected chi connectivity index (χ1v) is 5.44. The molecule has 0 aromatic heterocycles. The van der Waals surface area contributed by atoms with Gasteiger partial charge in [-0.15, -0.1) is 0 Å². The van der Waals surface area contributed by atoms with Crippen molar-refractivity contribution in [2.75, 3.05) is 7.11 Å². The highest BCUT2D eigenvalue weighted by Gasteiger charge is 2.05. The van der Waals surface area contributed by atoms with Crippen LogP contribution in [0.15, 0.2) is 24.3 Å². The maximum atomic E-state index is 11.9. The minimum Gasteiger partial charge on any atom is -0.435 e. The fraction of sp³-hybridized carbons (Fsp3) is 0.500. The predicted molar refractivity (Wildman–Crippen MR) is 61.0 cm³/mol. The third kappa shape index (κ3) is 5.60. The van der Waals surface area contributed by atoms with Crippen LogP contribution in [0.2, 0.25) is 0 Å². The van der Waals surface area contributed by atoms with E-state index in [0.717, 1.165) is 18.4 Å². The second kappa shape index (κ2) is 7.19. The summed E-state index contributed by atoms with van der Waals surface area (Å²) < 4.78 is 28.1.